The molecule has 0 aromatic heterocycles. The number of amides is 2. The first-order valence-electron chi connectivity index (χ1n) is 6.57. The van der Waals surface area contributed by atoms with Gasteiger partial charge in [-0.3, -0.25) is 9.59 Å². The smallest absolute Gasteiger partial charge is 0.255 e. The molecule has 0 atom stereocenters. The third-order valence-corrected chi connectivity index (χ3v) is 2.99. The van der Waals surface area contributed by atoms with Crippen molar-refractivity contribution in [2.75, 3.05) is 17.2 Å². The van der Waals surface area contributed by atoms with Crippen LogP contribution in [0.4, 0.5) is 11.4 Å². The van der Waals surface area contributed by atoms with Crippen LogP contribution in [0.3, 0.4) is 0 Å². The van der Waals surface area contributed by atoms with Crippen molar-refractivity contribution >= 4 is 23.2 Å². The molecule has 2 aromatic carbocycles. The number of hydrogen-bond acceptors (Lipinski definition) is 3. The summed E-state index contributed by atoms with van der Waals surface area (Å²) in [6.45, 7) is 1.79. The van der Waals surface area contributed by atoms with E-state index < -0.39 is 0 Å². The number of hydrogen-bond donors (Lipinski definition) is 3. The van der Waals surface area contributed by atoms with E-state index in [-0.39, 0.29) is 18.4 Å². The Kier molecular flexibility index (Phi) is 4.68. The largest absolute Gasteiger partial charge is 0.325 e. The molecule has 2 rings (SSSR count). The molecule has 5 nitrogen and oxygen atoms in total. The molecule has 21 heavy (non-hydrogen) atoms. The van der Waals surface area contributed by atoms with Gasteiger partial charge < -0.3 is 16.4 Å². The zero-order valence-corrected chi connectivity index (χ0v) is 11.7. The van der Waals surface area contributed by atoms with E-state index in [4.69, 9.17) is 5.73 Å². The lowest BCUT2D eigenvalue weighted by Crippen LogP contribution is -2.22. The summed E-state index contributed by atoms with van der Waals surface area (Å²) in [6.07, 6.45) is 0. The van der Waals surface area contributed by atoms with Gasteiger partial charge in [0.1, 0.15) is 0 Å². The number of carbonyl (C=O) groups excluding carboxylic acids is 2. The Hall–Kier alpha value is -2.66. The van der Waals surface area contributed by atoms with Gasteiger partial charge in [0.15, 0.2) is 0 Å². The monoisotopic (exact) mass is 283 g/mol. The predicted octanol–water partition coefficient (Wildman–Crippen LogP) is 2.14. The average molecular weight is 283 g/mol. The number of aryl methyl sites for hydroxylation is 1. The minimum atomic E-state index is -0.273. The fraction of sp³-hybridized carbons (Fsp3) is 0.125. The number of rotatable bonds is 4. The molecule has 0 heterocycles. The summed E-state index contributed by atoms with van der Waals surface area (Å²) in [5.74, 6) is -0.472. The van der Waals surface area contributed by atoms with Gasteiger partial charge in [-0.1, -0.05) is 24.3 Å². The fourth-order valence-corrected chi connectivity index (χ4v) is 1.83. The Morgan fingerprint density at radius 2 is 1.76 bits per heavy atom. The SMILES string of the molecule is Cc1ccc(NC(=O)c2ccccc2)cc1NC(=O)CN. The molecule has 0 saturated carbocycles. The Labute approximate surface area is 123 Å². The second kappa shape index (κ2) is 6.67. The Morgan fingerprint density at radius 3 is 2.43 bits per heavy atom. The number of benzene rings is 2. The van der Waals surface area contributed by atoms with Gasteiger partial charge in [-0.2, -0.15) is 0 Å². The van der Waals surface area contributed by atoms with E-state index in [1.54, 1.807) is 36.4 Å². The van der Waals surface area contributed by atoms with Gasteiger partial charge in [0.05, 0.1) is 6.54 Å². The van der Waals surface area contributed by atoms with Crippen molar-refractivity contribution < 1.29 is 9.59 Å². The van der Waals surface area contributed by atoms with Gasteiger partial charge in [0.2, 0.25) is 5.91 Å². The number of carbonyl (C=O) groups is 2. The molecule has 0 aliphatic rings. The summed E-state index contributed by atoms with van der Waals surface area (Å²) < 4.78 is 0. The summed E-state index contributed by atoms with van der Waals surface area (Å²) in [5.41, 5.74) is 8.00. The summed E-state index contributed by atoms with van der Waals surface area (Å²) in [6, 6.07) is 14.3. The maximum Gasteiger partial charge on any atom is 0.255 e. The number of anilines is 2. The lowest BCUT2D eigenvalue weighted by atomic mass is 10.1. The molecular formula is C16H17N3O2. The Bertz CT molecular complexity index is 654. The minimum absolute atomic E-state index is 0.0833. The van der Waals surface area contributed by atoms with Crippen LogP contribution in [0.5, 0.6) is 0 Å². The van der Waals surface area contributed by atoms with Crippen LogP contribution in [0.25, 0.3) is 0 Å². The lowest BCUT2D eigenvalue weighted by molar-refractivity contribution is -0.114. The third-order valence-electron chi connectivity index (χ3n) is 2.99. The van der Waals surface area contributed by atoms with Crippen molar-refractivity contribution in [2.45, 2.75) is 6.92 Å². The fourth-order valence-electron chi connectivity index (χ4n) is 1.83. The van der Waals surface area contributed by atoms with Crippen LogP contribution in [0, 0.1) is 6.92 Å². The number of nitrogens with one attached hydrogen (secondary N) is 2. The number of nitrogens with two attached hydrogens (primary N) is 1. The molecule has 0 aliphatic carbocycles. The molecule has 0 fully saturated rings. The molecular weight excluding hydrogens is 266 g/mol. The van der Waals surface area contributed by atoms with E-state index in [2.05, 4.69) is 10.6 Å². The van der Waals surface area contributed by atoms with Crippen LogP contribution in [-0.4, -0.2) is 18.4 Å². The maximum atomic E-state index is 12.1. The normalized spacial score (nSPS) is 10.0. The van der Waals surface area contributed by atoms with E-state index in [1.165, 1.54) is 0 Å². The van der Waals surface area contributed by atoms with Crippen molar-refractivity contribution in [2.24, 2.45) is 5.73 Å². The van der Waals surface area contributed by atoms with E-state index in [1.807, 2.05) is 19.1 Å². The standard InChI is InChI=1S/C16H17N3O2/c1-11-7-8-13(9-14(11)19-15(20)10-17)18-16(21)12-5-3-2-4-6-12/h2-9H,10,17H2,1H3,(H,18,21)(H,19,20). The predicted molar refractivity (Wildman–Crippen MR) is 83.3 cm³/mol. The minimum Gasteiger partial charge on any atom is -0.325 e. The molecule has 0 spiro atoms. The summed E-state index contributed by atoms with van der Waals surface area (Å²) in [4.78, 5) is 23.4. The van der Waals surface area contributed by atoms with Crippen molar-refractivity contribution in [3.63, 3.8) is 0 Å². The maximum absolute atomic E-state index is 12.1. The zero-order valence-electron chi connectivity index (χ0n) is 11.7. The molecule has 108 valence electrons. The van der Waals surface area contributed by atoms with Crippen molar-refractivity contribution in [3.8, 4) is 0 Å². The summed E-state index contributed by atoms with van der Waals surface area (Å²) in [5, 5.41) is 5.49. The van der Waals surface area contributed by atoms with Crippen LogP contribution >= 0.6 is 0 Å². The van der Waals surface area contributed by atoms with Gasteiger partial charge in [0.25, 0.3) is 5.91 Å². The molecule has 0 bridgehead atoms. The summed E-state index contributed by atoms with van der Waals surface area (Å²) >= 11 is 0. The highest BCUT2D eigenvalue weighted by Crippen LogP contribution is 2.20. The first kappa shape index (κ1) is 14.7. The second-order valence-electron chi connectivity index (χ2n) is 4.60. The van der Waals surface area contributed by atoms with Crippen molar-refractivity contribution in [3.05, 3.63) is 59.7 Å². The van der Waals surface area contributed by atoms with E-state index in [0.717, 1.165) is 5.56 Å². The van der Waals surface area contributed by atoms with Crippen LogP contribution < -0.4 is 16.4 Å². The first-order valence-corrected chi connectivity index (χ1v) is 6.57. The molecule has 0 saturated heterocycles. The summed E-state index contributed by atoms with van der Waals surface area (Å²) in [7, 11) is 0. The Balaban J connectivity index is 2.16. The third kappa shape index (κ3) is 3.90. The van der Waals surface area contributed by atoms with E-state index >= 15 is 0 Å². The molecule has 0 unspecified atom stereocenters. The molecule has 2 amide bonds. The highest BCUT2D eigenvalue weighted by molar-refractivity contribution is 6.04. The van der Waals surface area contributed by atoms with Crippen molar-refractivity contribution in [1.82, 2.24) is 0 Å². The van der Waals surface area contributed by atoms with Gasteiger partial charge >= 0.3 is 0 Å². The molecule has 0 radical (unpaired) electrons. The highest BCUT2D eigenvalue weighted by Gasteiger charge is 2.08. The molecule has 5 heteroatoms. The zero-order chi connectivity index (χ0) is 15.2. The van der Waals surface area contributed by atoms with Crippen LogP contribution in [0.2, 0.25) is 0 Å². The van der Waals surface area contributed by atoms with Crippen LogP contribution in [0.15, 0.2) is 48.5 Å². The first-order chi connectivity index (χ1) is 10.1. The molecule has 0 aliphatic heterocycles. The molecule has 4 N–H and O–H groups in total. The molecule has 2 aromatic rings. The second-order valence-corrected chi connectivity index (χ2v) is 4.60. The van der Waals surface area contributed by atoms with Gasteiger partial charge in [0, 0.05) is 16.9 Å². The lowest BCUT2D eigenvalue weighted by Gasteiger charge is -2.11. The van der Waals surface area contributed by atoms with Gasteiger partial charge in [-0.15, -0.1) is 0 Å². The topological polar surface area (TPSA) is 84.2 Å². The van der Waals surface area contributed by atoms with Crippen LogP contribution in [0.1, 0.15) is 15.9 Å². The van der Waals surface area contributed by atoms with E-state index in [0.29, 0.717) is 16.9 Å². The van der Waals surface area contributed by atoms with Crippen molar-refractivity contribution in [1.29, 1.82) is 0 Å². The highest BCUT2D eigenvalue weighted by atomic mass is 16.2. The van der Waals surface area contributed by atoms with Crippen LogP contribution in [-0.2, 0) is 4.79 Å². The average Bonchev–Trinajstić information content (AvgIpc) is 2.51. The Morgan fingerprint density at radius 1 is 1.05 bits per heavy atom. The van der Waals surface area contributed by atoms with Gasteiger partial charge in [-0.25, -0.2) is 0 Å². The quantitative estimate of drug-likeness (QED) is 0.803. The van der Waals surface area contributed by atoms with E-state index in [9.17, 15) is 9.59 Å². The van der Waals surface area contributed by atoms with Gasteiger partial charge in [-0.05, 0) is 36.8 Å².